The summed E-state index contributed by atoms with van der Waals surface area (Å²) in [5, 5.41) is 7.74. The largest absolute Gasteiger partial charge is 0.494 e. The molecule has 1 amide bonds. The second-order valence-corrected chi connectivity index (χ2v) is 6.17. The molecule has 0 saturated heterocycles. The van der Waals surface area contributed by atoms with E-state index in [1.165, 1.54) is 13.2 Å². The molecule has 2 aromatic heterocycles. The summed E-state index contributed by atoms with van der Waals surface area (Å²) in [6, 6.07) is 6.62. The summed E-state index contributed by atoms with van der Waals surface area (Å²) in [6.07, 6.45) is -2.81. The molecule has 0 radical (unpaired) electrons. The lowest BCUT2D eigenvalue weighted by molar-refractivity contribution is -0.141. The number of alkyl halides is 3. The molecule has 9 heteroatoms. The number of carbonyl (C=O) groups is 1. The van der Waals surface area contributed by atoms with Gasteiger partial charge in [-0.3, -0.25) is 9.48 Å². The van der Waals surface area contributed by atoms with Crippen molar-refractivity contribution in [2.24, 2.45) is 0 Å². The van der Waals surface area contributed by atoms with Crippen LogP contribution in [0.15, 0.2) is 36.5 Å². The van der Waals surface area contributed by atoms with E-state index in [1.807, 2.05) is 20.0 Å². The third kappa shape index (κ3) is 3.86. The summed E-state index contributed by atoms with van der Waals surface area (Å²) in [4.78, 5) is 15.8. The zero-order valence-corrected chi connectivity index (χ0v) is 14.8. The number of ether oxygens (including phenoxy) is 1. The van der Waals surface area contributed by atoms with Gasteiger partial charge in [-0.25, -0.2) is 4.98 Å². The zero-order valence-electron chi connectivity index (χ0n) is 14.8. The Bertz CT molecular complexity index is 996. The minimum atomic E-state index is -4.63. The number of aromatic nitrogens is 3. The molecule has 3 aromatic rings. The van der Waals surface area contributed by atoms with Gasteiger partial charge in [-0.05, 0) is 32.0 Å². The predicted octanol–water partition coefficient (Wildman–Crippen LogP) is 4.29. The number of anilines is 1. The van der Waals surface area contributed by atoms with Crippen LogP contribution in [0.2, 0.25) is 0 Å². The molecule has 0 aliphatic heterocycles. The number of hydrogen-bond donors (Lipinski definition) is 1. The van der Waals surface area contributed by atoms with Gasteiger partial charge in [0, 0.05) is 23.7 Å². The molecule has 142 valence electrons. The molecule has 1 aromatic carbocycles. The second kappa shape index (κ2) is 6.90. The highest BCUT2D eigenvalue weighted by atomic mass is 19.4. The van der Waals surface area contributed by atoms with E-state index >= 15 is 0 Å². The quantitative estimate of drug-likeness (QED) is 0.735. The molecule has 0 unspecified atom stereocenters. The van der Waals surface area contributed by atoms with Gasteiger partial charge in [-0.15, -0.1) is 0 Å². The van der Waals surface area contributed by atoms with Crippen LogP contribution in [0.3, 0.4) is 0 Å². The minimum Gasteiger partial charge on any atom is -0.494 e. The summed E-state index contributed by atoms with van der Waals surface area (Å²) >= 11 is 0. The monoisotopic (exact) mass is 378 g/mol. The van der Waals surface area contributed by atoms with Gasteiger partial charge in [0.25, 0.3) is 5.91 Å². The fourth-order valence-corrected chi connectivity index (χ4v) is 2.51. The smallest absolute Gasteiger partial charge is 0.433 e. The molecule has 0 fully saturated rings. The fourth-order valence-electron chi connectivity index (χ4n) is 2.51. The Labute approximate surface area is 153 Å². The van der Waals surface area contributed by atoms with Gasteiger partial charge < -0.3 is 10.1 Å². The van der Waals surface area contributed by atoms with Crippen molar-refractivity contribution < 1.29 is 22.7 Å². The number of fused-ring (bicyclic) bond motifs is 1. The van der Waals surface area contributed by atoms with Crippen molar-refractivity contribution in [2.75, 3.05) is 12.4 Å². The first-order chi connectivity index (χ1) is 12.7. The van der Waals surface area contributed by atoms with E-state index in [4.69, 9.17) is 4.74 Å². The maximum atomic E-state index is 12.8. The number of nitrogens with zero attached hydrogens (tertiary/aromatic N) is 3. The van der Waals surface area contributed by atoms with Crippen LogP contribution < -0.4 is 10.1 Å². The molecular formula is C18H17F3N4O2. The molecule has 3 rings (SSSR count). The van der Waals surface area contributed by atoms with Gasteiger partial charge in [0.15, 0.2) is 0 Å². The number of amides is 1. The Balaban J connectivity index is 1.94. The Hall–Kier alpha value is -3.10. The lowest BCUT2D eigenvalue weighted by atomic mass is 10.2. The second-order valence-electron chi connectivity index (χ2n) is 6.17. The lowest BCUT2D eigenvalue weighted by Crippen LogP contribution is -2.17. The zero-order chi connectivity index (χ0) is 19.8. The van der Waals surface area contributed by atoms with Crippen molar-refractivity contribution >= 4 is 22.5 Å². The molecule has 2 heterocycles. The molecule has 1 N–H and O–H groups in total. The minimum absolute atomic E-state index is 0.149. The van der Waals surface area contributed by atoms with Crippen LogP contribution >= 0.6 is 0 Å². The van der Waals surface area contributed by atoms with E-state index in [9.17, 15) is 18.0 Å². The van der Waals surface area contributed by atoms with Crippen LogP contribution in [0.5, 0.6) is 5.75 Å². The SMILES string of the molecule is COc1cc2nn(C(C)C)cc2cc1NC(=O)c1cccc(C(F)(F)F)n1. The average molecular weight is 378 g/mol. The van der Waals surface area contributed by atoms with E-state index in [-0.39, 0.29) is 11.7 Å². The highest BCUT2D eigenvalue weighted by molar-refractivity contribution is 6.05. The number of methoxy groups -OCH3 is 1. The predicted molar refractivity (Wildman–Crippen MR) is 93.9 cm³/mol. The van der Waals surface area contributed by atoms with Crippen molar-refractivity contribution in [3.05, 3.63) is 47.9 Å². The number of hydrogen-bond acceptors (Lipinski definition) is 4. The van der Waals surface area contributed by atoms with Gasteiger partial charge in [-0.2, -0.15) is 18.3 Å². The maximum absolute atomic E-state index is 12.8. The van der Waals surface area contributed by atoms with E-state index in [0.717, 1.165) is 17.5 Å². The first-order valence-corrected chi connectivity index (χ1v) is 8.11. The number of carbonyl (C=O) groups excluding carboxylic acids is 1. The number of rotatable bonds is 4. The maximum Gasteiger partial charge on any atom is 0.433 e. The standard InChI is InChI=1S/C18H17F3N4O2/c1-10(2)25-9-11-7-14(15(27-3)8-13(11)24-25)23-17(26)12-5-4-6-16(22-12)18(19,20)21/h4-10H,1-3H3,(H,23,26). The normalized spacial score (nSPS) is 11.8. The van der Waals surface area contributed by atoms with Gasteiger partial charge in [-0.1, -0.05) is 6.07 Å². The number of benzene rings is 1. The summed E-state index contributed by atoms with van der Waals surface area (Å²) in [5.41, 5.74) is -0.478. The van der Waals surface area contributed by atoms with Crippen LogP contribution in [-0.2, 0) is 6.18 Å². The number of halogens is 3. The number of nitrogens with one attached hydrogen (secondary N) is 1. The van der Waals surface area contributed by atoms with Gasteiger partial charge in [0.2, 0.25) is 0 Å². The summed E-state index contributed by atoms with van der Waals surface area (Å²) < 4.78 is 45.4. The molecular weight excluding hydrogens is 361 g/mol. The third-order valence-corrected chi connectivity index (χ3v) is 3.89. The van der Waals surface area contributed by atoms with Crippen molar-refractivity contribution in [2.45, 2.75) is 26.1 Å². The molecule has 0 saturated carbocycles. The van der Waals surface area contributed by atoms with Crippen molar-refractivity contribution in [1.82, 2.24) is 14.8 Å². The van der Waals surface area contributed by atoms with Crippen molar-refractivity contribution in [3.63, 3.8) is 0 Å². The highest BCUT2D eigenvalue weighted by Crippen LogP contribution is 2.31. The highest BCUT2D eigenvalue weighted by Gasteiger charge is 2.33. The van der Waals surface area contributed by atoms with E-state index in [2.05, 4.69) is 15.4 Å². The summed E-state index contributed by atoms with van der Waals surface area (Å²) in [7, 11) is 1.43. The van der Waals surface area contributed by atoms with E-state index in [0.29, 0.717) is 17.0 Å². The Morgan fingerprint density at radius 2 is 2.00 bits per heavy atom. The first-order valence-electron chi connectivity index (χ1n) is 8.11. The topological polar surface area (TPSA) is 69.0 Å². The average Bonchev–Trinajstić information content (AvgIpc) is 3.03. The molecule has 0 bridgehead atoms. The molecule has 0 atom stereocenters. The third-order valence-electron chi connectivity index (χ3n) is 3.89. The van der Waals surface area contributed by atoms with Gasteiger partial charge in [0.1, 0.15) is 17.1 Å². The lowest BCUT2D eigenvalue weighted by Gasteiger charge is -2.11. The Kier molecular flexibility index (Phi) is 4.77. The molecule has 0 spiro atoms. The van der Waals surface area contributed by atoms with E-state index < -0.39 is 17.8 Å². The summed E-state index contributed by atoms with van der Waals surface area (Å²) in [5.74, 6) is -0.424. The van der Waals surface area contributed by atoms with Crippen LogP contribution in [0, 0.1) is 0 Å². The summed E-state index contributed by atoms with van der Waals surface area (Å²) in [6.45, 7) is 3.95. The number of pyridine rings is 1. The van der Waals surface area contributed by atoms with Crippen LogP contribution in [0.4, 0.5) is 18.9 Å². The molecule has 27 heavy (non-hydrogen) atoms. The van der Waals surface area contributed by atoms with Crippen LogP contribution in [0.25, 0.3) is 10.9 Å². The van der Waals surface area contributed by atoms with Crippen molar-refractivity contribution in [3.8, 4) is 5.75 Å². The van der Waals surface area contributed by atoms with Crippen LogP contribution in [-0.4, -0.2) is 27.8 Å². The van der Waals surface area contributed by atoms with Crippen molar-refractivity contribution in [1.29, 1.82) is 0 Å². The molecule has 0 aliphatic rings. The van der Waals surface area contributed by atoms with Gasteiger partial charge >= 0.3 is 6.18 Å². The fraction of sp³-hybridized carbons (Fsp3) is 0.278. The van der Waals surface area contributed by atoms with Crippen LogP contribution in [0.1, 0.15) is 36.1 Å². The molecule has 6 nitrogen and oxygen atoms in total. The molecule has 0 aliphatic carbocycles. The Morgan fingerprint density at radius 3 is 2.63 bits per heavy atom. The first kappa shape index (κ1) is 18.7. The van der Waals surface area contributed by atoms with E-state index in [1.54, 1.807) is 16.8 Å². The Morgan fingerprint density at radius 1 is 1.26 bits per heavy atom. The van der Waals surface area contributed by atoms with Gasteiger partial charge in [0.05, 0.1) is 18.3 Å².